The number of pyridine rings is 2. The molecule has 5 rings (SSSR count). The van der Waals surface area contributed by atoms with Crippen LogP contribution in [0.4, 0.5) is 22.7 Å². The van der Waals surface area contributed by atoms with Crippen LogP contribution in [-0.2, 0) is 9.59 Å². The van der Waals surface area contributed by atoms with E-state index in [1.807, 2.05) is 0 Å². The van der Waals surface area contributed by atoms with Crippen LogP contribution in [0.3, 0.4) is 0 Å². The van der Waals surface area contributed by atoms with Crippen LogP contribution in [0.15, 0.2) is 90.8 Å². The van der Waals surface area contributed by atoms with E-state index < -0.39 is 58.6 Å². The number of anilines is 4. The van der Waals surface area contributed by atoms with Gasteiger partial charge in [-0.2, -0.15) is 0 Å². The summed E-state index contributed by atoms with van der Waals surface area (Å²) >= 11 is 0. The predicted molar refractivity (Wildman–Crippen MR) is 217 cm³/mol. The molecule has 308 valence electrons. The maximum Gasteiger partial charge on any atom is 0.339 e. The van der Waals surface area contributed by atoms with Crippen molar-refractivity contribution >= 4 is 64.3 Å². The van der Waals surface area contributed by atoms with E-state index in [2.05, 4.69) is 36.6 Å². The standard InChI is InChI=1S/C41H37N7O12/c1-20(17-22-5-9-25(49)10-6-22)36(52)45-23-7-13-30(42-18-23)39(55)44-21(2)37(53)46-24-8-14-31(43-19-24)40(56)48-29-15-11-26(32(50)34(29)59-3)38(54)47-28-16-12-27(41(57)58)33(51)35(28)60-4/h5-19,21,49-51H,1-4H3,(H,44,55)(H,45,52)(H,46,53)(H,47,54)(H,48,56)(H,57,58)/b20-17+/t21-/m0/s1. The number of nitrogens with zero attached hydrogens (tertiary/aromatic N) is 2. The topological polar surface area (TPSA) is 288 Å². The summed E-state index contributed by atoms with van der Waals surface area (Å²) in [4.78, 5) is 83.9. The summed E-state index contributed by atoms with van der Waals surface area (Å²) < 4.78 is 10.3. The van der Waals surface area contributed by atoms with Gasteiger partial charge in [0.15, 0.2) is 23.0 Å². The second-order valence-electron chi connectivity index (χ2n) is 12.7. The van der Waals surface area contributed by atoms with Gasteiger partial charge in [-0.25, -0.2) is 14.8 Å². The molecule has 0 spiro atoms. The van der Waals surface area contributed by atoms with Gasteiger partial charge in [-0.1, -0.05) is 12.1 Å². The van der Waals surface area contributed by atoms with Crippen molar-refractivity contribution in [3.8, 4) is 28.7 Å². The van der Waals surface area contributed by atoms with Gasteiger partial charge in [-0.15, -0.1) is 0 Å². The van der Waals surface area contributed by atoms with E-state index in [0.717, 1.165) is 13.2 Å². The lowest BCUT2D eigenvalue weighted by Gasteiger charge is -2.16. The van der Waals surface area contributed by atoms with Gasteiger partial charge >= 0.3 is 5.97 Å². The molecular weight excluding hydrogens is 782 g/mol. The average molecular weight is 820 g/mol. The Labute approximate surface area is 340 Å². The molecule has 0 aliphatic heterocycles. The molecule has 5 amide bonds. The van der Waals surface area contributed by atoms with E-state index in [9.17, 15) is 49.2 Å². The van der Waals surface area contributed by atoms with Crippen LogP contribution in [0, 0.1) is 0 Å². The van der Waals surface area contributed by atoms with Gasteiger partial charge in [0.1, 0.15) is 28.7 Å². The number of carboxylic acid groups (broad SMARTS) is 1. The van der Waals surface area contributed by atoms with Crippen LogP contribution < -0.4 is 36.1 Å². The number of aromatic nitrogens is 2. The third kappa shape index (κ3) is 10.1. The molecule has 0 aliphatic rings. The average Bonchev–Trinajstić information content (AvgIpc) is 3.22. The van der Waals surface area contributed by atoms with Crippen LogP contribution in [0.1, 0.15) is 61.1 Å². The minimum Gasteiger partial charge on any atom is -0.508 e. The molecule has 3 aromatic carbocycles. The van der Waals surface area contributed by atoms with Crippen molar-refractivity contribution in [2.75, 3.05) is 35.5 Å². The second-order valence-corrected chi connectivity index (χ2v) is 12.7. The third-order valence-corrected chi connectivity index (χ3v) is 8.54. The van der Waals surface area contributed by atoms with E-state index >= 15 is 0 Å². The zero-order chi connectivity index (χ0) is 43.7. The van der Waals surface area contributed by atoms with Gasteiger partial charge in [0.05, 0.1) is 54.9 Å². The number of aromatic hydroxyl groups is 3. The van der Waals surface area contributed by atoms with Gasteiger partial charge in [-0.05, 0) is 86.2 Å². The highest BCUT2D eigenvalue weighted by atomic mass is 16.5. The van der Waals surface area contributed by atoms with Crippen molar-refractivity contribution in [2.24, 2.45) is 0 Å². The predicted octanol–water partition coefficient (Wildman–Crippen LogP) is 4.61. The highest BCUT2D eigenvalue weighted by Gasteiger charge is 2.24. The summed E-state index contributed by atoms with van der Waals surface area (Å²) in [6.07, 6.45) is 4.14. The number of hydrogen-bond acceptors (Lipinski definition) is 13. The van der Waals surface area contributed by atoms with Crippen molar-refractivity contribution in [3.05, 3.63) is 119 Å². The Bertz CT molecular complexity index is 2510. The number of carboxylic acids is 1. The third-order valence-electron chi connectivity index (χ3n) is 8.54. The Kier molecular flexibility index (Phi) is 13.3. The van der Waals surface area contributed by atoms with Crippen LogP contribution in [0.25, 0.3) is 6.08 Å². The first-order valence-corrected chi connectivity index (χ1v) is 17.6. The van der Waals surface area contributed by atoms with Gasteiger partial charge in [0, 0.05) is 5.57 Å². The number of nitrogens with one attached hydrogen (secondary N) is 5. The Morgan fingerprint density at radius 2 is 1.15 bits per heavy atom. The van der Waals surface area contributed by atoms with Crippen LogP contribution in [0.5, 0.6) is 28.7 Å². The number of carbonyl (C=O) groups excluding carboxylic acids is 5. The molecule has 5 aromatic rings. The lowest BCUT2D eigenvalue weighted by molar-refractivity contribution is -0.117. The molecule has 0 aliphatic carbocycles. The zero-order valence-electron chi connectivity index (χ0n) is 32.2. The highest BCUT2D eigenvalue weighted by molar-refractivity contribution is 6.10. The van der Waals surface area contributed by atoms with Crippen molar-refractivity contribution < 1.29 is 58.7 Å². The molecule has 0 saturated heterocycles. The molecule has 2 aromatic heterocycles. The Hall–Kier alpha value is -8.48. The van der Waals surface area contributed by atoms with Crippen molar-refractivity contribution in [3.63, 3.8) is 0 Å². The quantitative estimate of drug-likeness (QED) is 0.0692. The van der Waals surface area contributed by atoms with Gasteiger partial charge in [-0.3, -0.25) is 24.0 Å². The fourth-order valence-electron chi connectivity index (χ4n) is 5.39. The number of hydrogen-bond donors (Lipinski definition) is 9. The maximum absolute atomic E-state index is 13.1. The molecular formula is C41H37N7O12. The van der Waals surface area contributed by atoms with Crippen molar-refractivity contribution in [1.82, 2.24) is 15.3 Å². The lowest BCUT2D eigenvalue weighted by Crippen LogP contribution is -2.41. The number of benzene rings is 3. The summed E-state index contributed by atoms with van der Waals surface area (Å²) in [5, 5.41) is 52.5. The first-order chi connectivity index (χ1) is 28.6. The number of amides is 5. The van der Waals surface area contributed by atoms with E-state index in [0.29, 0.717) is 16.8 Å². The number of ether oxygens (including phenoxy) is 2. The SMILES string of the molecule is COc1c(NC(=O)c2ccc(NC(=O)c3ccc(NC(=O)[C@H](C)NC(=O)c4ccc(NC(=O)/C(C)=C/c5ccc(O)cc5)cn4)cn3)c(OC)c2O)ccc(C(=O)O)c1O. The molecule has 2 heterocycles. The fourth-order valence-corrected chi connectivity index (χ4v) is 5.39. The number of phenols is 3. The van der Waals surface area contributed by atoms with Crippen LogP contribution in [0.2, 0.25) is 0 Å². The highest BCUT2D eigenvalue weighted by Crippen LogP contribution is 2.40. The smallest absolute Gasteiger partial charge is 0.339 e. The minimum absolute atomic E-state index is 0.0180. The summed E-state index contributed by atoms with van der Waals surface area (Å²) in [6, 6.07) is 15.5. The Morgan fingerprint density at radius 1 is 0.633 bits per heavy atom. The monoisotopic (exact) mass is 819 g/mol. The van der Waals surface area contributed by atoms with Gasteiger partial charge in [0.25, 0.3) is 23.6 Å². The first kappa shape index (κ1) is 42.7. The molecule has 9 N–H and O–H groups in total. The molecule has 1 atom stereocenters. The number of aromatic carboxylic acids is 1. The number of rotatable bonds is 14. The number of carbonyl (C=O) groups is 6. The number of phenolic OH excluding ortho intramolecular Hbond substituents is 2. The molecule has 0 fully saturated rings. The molecule has 0 unspecified atom stereocenters. The molecule has 0 radical (unpaired) electrons. The molecule has 19 heteroatoms. The van der Waals surface area contributed by atoms with E-state index in [4.69, 9.17) is 9.47 Å². The van der Waals surface area contributed by atoms with E-state index in [1.165, 1.54) is 81.0 Å². The van der Waals surface area contributed by atoms with Gasteiger partial charge < -0.3 is 56.5 Å². The second kappa shape index (κ2) is 18.6. The lowest BCUT2D eigenvalue weighted by atomic mass is 10.1. The maximum atomic E-state index is 13.1. The van der Waals surface area contributed by atoms with Crippen molar-refractivity contribution in [1.29, 1.82) is 0 Å². The minimum atomic E-state index is -1.42. The van der Waals surface area contributed by atoms with Crippen LogP contribution >= 0.6 is 0 Å². The molecule has 0 saturated carbocycles. The summed E-state index contributed by atoms with van der Waals surface area (Å²) in [5.41, 5.74) is 0.603. The summed E-state index contributed by atoms with van der Waals surface area (Å²) in [5.74, 6) is -6.62. The van der Waals surface area contributed by atoms with E-state index in [-0.39, 0.29) is 51.3 Å². The fraction of sp³-hybridized carbons (Fsp3) is 0.122. The normalized spacial score (nSPS) is 11.4. The Balaban J connectivity index is 1.15. The van der Waals surface area contributed by atoms with Crippen LogP contribution in [-0.4, -0.2) is 86.2 Å². The van der Waals surface area contributed by atoms with Crippen molar-refractivity contribution in [2.45, 2.75) is 19.9 Å². The zero-order valence-corrected chi connectivity index (χ0v) is 32.2. The van der Waals surface area contributed by atoms with Gasteiger partial charge in [0.2, 0.25) is 5.91 Å². The molecule has 19 nitrogen and oxygen atoms in total. The summed E-state index contributed by atoms with van der Waals surface area (Å²) in [7, 11) is 2.35. The number of methoxy groups -OCH3 is 2. The van der Waals surface area contributed by atoms with E-state index in [1.54, 1.807) is 25.1 Å². The Morgan fingerprint density at radius 3 is 1.68 bits per heavy atom. The first-order valence-electron chi connectivity index (χ1n) is 17.6. The largest absolute Gasteiger partial charge is 0.508 e. The molecule has 60 heavy (non-hydrogen) atoms. The summed E-state index contributed by atoms with van der Waals surface area (Å²) in [6.45, 7) is 3.06. The molecule has 0 bridgehead atoms.